The summed E-state index contributed by atoms with van der Waals surface area (Å²) in [6.07, 6.45) is 11.1. The number of carbonyl (C=O) groups is 1. The van der Waals surface area contributed by atoms with Crippen LogP contribution in [0.25, 0.3) is 5.65 Å². The number of anilines is 2. The van der Waals surface area contributed by atoms with E-state index in [9.17, 15) is 9.90 Å². The molecule has 2 aromatic rings. The van der Waals surface area contributed by atoms with E-state index in [0.29, 0.717) is 29.7 Å². The second-order valence-electron chi connectivity index (χ2n) is 10.6. The van der Waals surface area contributed by atoms with Crippen molar-refractivity contribution < 1.29 is 14.6 Å². The highest BCUT2D eigenvalue weighted by atomic mass is 79.9. The number of hydrogen-bond acceptors (Lipinski definition) is 6. The van der Waals surface area contributed by atoms with Gasteiger partial charge in [0.1, 0.15) is 17.2 Å². The van der Waals surface area contributed by atoms with Crippen molar-refractivity contribution >= 4 is 39.3 Å². The van der Waals surface area contributed by atoms with Crippen LogP contribution in [0.15, 0.2) is 16.7 Å². The lowest BCUT2D eigenvalue weighted by atomic mass is 9.89. The average Bonchev–Trinajstić information content (AvgIpc) is 3.39. The van der Waals surface area contributed by atoms with Crippen molar-refractivity contribution in [2.45, 2.75) is 89.7 Å². The van der Waals surface area contributed by atoms with E-state index in [2.05, 4.69) is 26.3 Å². The highest BCUT2D eigenvalue weighted by molar-refractivity contribution is 9.10. The van der Waals surface area contributed by atoms with Gasteiger partial charge in [-0.1, -0.05) is 32.1 Å². The Morgan fingerprint density at radius 3 is 2.61 bits per heavy atom. The molecular formula is C24H36BrN5O3. The number of halogens is 1. The fourth-order valence-corrected chi connectivity index (χ4v) is 5.38. The number of carbonyl (C=O) groups excluding carboxylic acids is 1. The molecule has 2 heterocycles. The summed E-state index contributed by atoms with van der Waals surface area (Å²) in [5.41, 5.74) is -0.363. The molecule has 8 nitrogen and oxygen atoms in total. The minimum absolute atomic E-state index is 0.0491. The monoisotopic (exact) mass is 521 g/mol. The Labute approximate surface area is 204 Å². The second kappa shape index (κ2) is 9.78. The van der Waals surface area contributed by atoms with Crippen LogP contribution in [-0.4, -0.2) is 50.1 Å². The highest BCUT2D eigenvalue weighted by Gasteiger charge is 2.35. The SMILES string of the molecule is CC(C)(C)OC(=O)N(CC1CCCCC1)c1cc(NC2(CO)CCCC2)nc2c(Br)cnn12. The molecule has 2 fully saturated rings. The Kier molecular flexibility index (Phi) is 7.19. The van der Waals surface area contributed by atoms with Crippen LogP contribution in [0.5, 0.6) is 0 Å². The van der Waals surface area contributed by atoms with Crippen LogP contribution in [-0.2, 0) is 4.74 Å². The molecule has 4 rings (SSSR count). The molecule has 0 unspecified atom stereocenters. The highest BCUT2D eigenvalue weighted by Crippen LogP contribution is 2.35. The number of fused-ring (bicyclic) bond motifs is 1. The standard InChI is InChI=1S/C24H36BrN5O3/c1-23(2,3)33-22(32)29(15-17-9-5-4-6-10-17)20-13-19(27-21-18(25)14-26-30(20)21)28-24(16-31)11-7-8-12-24/h13-14,17,31H,4-12,15-16H2,1-3H3,(H,27,28). The normalized spacial score (nSPS) is 19.1. The molecule has 0 bridgehead atoms. The second-order valence-corrected chi connectivity index (χ2v) is 11.4. The summed E-state index contributed by atoms with van der Waals surface area (Å²) in [5.74, 6) is 1.68. The first-order valence-corrected chi connectivity index (χ1v) is 12.9. The molecular weight excluding hydrogens is 486 g/mol. The predicted octanol–water partition coefficient (Wildman–Crippen LogP) is 5.53. The maximum absolute atomic E-state index is 13.4. The summed E-state index contributed by atoms with van der Waals surface area (Å²) >= 11 is 3.55. The van der Waals surface area contributed by atoms with Gasteiger partial charge in [-0.15, -0.1) is 0 Å². The molecule has 0 spiro atoms. The van der Waals surface area contributed by atoms with E-state index in [1.54, 1.807) is 15.6 Å². The van der Waals surface area contributed by atoms with Gasteiger partial charge < -0.3 is 15.2 Å². The van der Waals surface area contributed by atoms with Crippen molar-refractivity contribution in [2.24, 2.45) is 5.92 Å². The fourth-order valence-electron chi connectivity index (χ4n) is 5.03. The summed E-state index contributed by atoms with van der Waals surface area (Å²) in [6.45, 7) is 6.28. The van der Waals surface area contributed by atoms with Gasteiger partial charge in [-0.3, -0.25) is 4.90 Å². The molecule has 2 saturated carbocycles. The first-order chi connectivity index (χ1) is 15.7. The van der Waals surface area contributed by atoms with Crippen molar-refractivity contribution in [3.05, 3.63) is 16.7 Å². The van der Waals surface area contributed by atoms with Crippen molar-refractivity contribution in [1.82, 2.24) is 14.6 Å². The lowest BCUT2D eigenvalue weighted by Crippen LogP contribution is -2.42. The minimum atomic E-state index is -0.607. The number of hydrogen-bond donors (Lipinski definition) is 2. The molecule has 2 aromatic heterocycles. The van der Waals surface area contributed by atoms with Gasteiger partial charge >= 0.3 is 6.09 Å². The van der Waals surface area contributed by atoms with Crippen LogP contribution in [0.3, 0.4) is 0 Å². The molecule has 2 N–H and O–H groups in total. The predicted molar refractivity (Wildman–Crippen MR) is 133 cm³/mol. The fraction of sp³-hybridized carbons (Fsp3) is 0.708. The van der Waals surface area contributed by atoms with E-state index in [-0.39, 0.29) is 18.2 Å². The Bertz CT molecular complexity index is 974. The number of amides is 1. The van der Waals surface area contributed by atoms with Gasteiger partial charge in [-0.25, -0.2) is 9.78 Å². The molecule has 0 radical (unpaired) electrons. The Morgan fingerprint density at radius 1 is 1.27 bits per heavy atom. The zero-order valence-electron chi connectivity index (χ0n) is 19.9. The number of nitrogens with one attached hydrogen (secondary N) is 1. The van der Waals surface area contributed by atoms with Crippen LogP contribution in [0.2, 0.25) is 0 Å². The number of aliphatic hydroxyl groups excluding tert-OH is 1. The minimum Gasteiger partial charge on any atom is -0.443 e. The molecule has 9 heteroatoms. The zero-order valence-corrected chi connectivity index (χ0v) is 21.5. The van der Waals surface area contributed by atoms with Crippen LogP contribution in [0, 0.1) is 5.92 Å². The third-order valence-corrected chi connectivity index (χ3v) is 7.28. The summed E-state index contributed by atoms with van der Waals surface area (Å²) in [4.78, 5) is 19.9. The Morgan fingerprint density at radius 2 is 1.97 bits per heavy atom. The van der Waals surface area contributed by atoms with E-state index < -0.39 is 5.60 Å². The lowest BCUT2D eigenvalue weighted by Gasteiger charge is -2.32. The topological polar surface area (TPSA) is 92.0 Å². The smallest absolute Gasteiger partial charge is 0.416 e. The van der Waals surface area contributed by atoms with Crippen molar-refractivity contribution in [2.75, 3.05) is 23.4 Å². The van der Waals surface area contributed by atoms with Crippen LogP contribution in [0.1, 0.15) is 78.6 Å². The van der Waals surface area contributed by atoms with Gasteiger partial charge in [-0.05, 0) is 68.3 Å². The van der Waals surface area contributed by atoms with Crippen LogP contribution < -0.4 is 10.2 Å². The van der Waals surface area contributed by atoms with Gasteiger partial charge in [-0.2, -0.15) is 9.61 Å². The third-order valence-electron chi connectivity index (χ3n) is 6.72. The lowest BCUT2D eigenvalue weighted by molar-refractivity contribution is 0.0570. The maximum Gasteiger partial charge on any atom is 0.416 e. The van der Waals surface area contributed by atoms with Crippen LogP contribution >= 0.6 is 15.9 Å². The van der Waals surface area contributed by atoms with Crippen molar-refractivity contribution in [3.8, 4) is 0 Å². The van der Waals surface area contributed by atoms with E-state index in [0.717, 1.165) is 43.0 Å². The molecule has 0 aliphatic heterocycles. The van der Waals surface area contributed by atoms with E-state index >= 15 is 0 Å². The van der Waals surface area contributed by atoms with Crippen molar-refractivity contribution in [1.29, 1.82) is 0 Å². The quantitative estimate of drug-likeness (QED) is 0.519. The van der Waals surface area contributed by atoms with E-state index in [4.69, 9.17) is 9.72 Å². The summed E-state index contributed by atoms with van der Waals surface area (Å²) < 4.78 is 8.26. The summed E-state index contributed by atoms with van der Waals surface area (Å²) in [5, 5.41) is 18.1. The molecule has 2 aliphatic carbocycles. The number of ether oxygens (including phenoxy) is 1. The summed E-state index contributed by atoms with van der Waals surface area (Å²) in [6, 6.07) is 1.87. The van der Waals surface area contributed by atoms with Crippen molar-refractivity contribution in [3.63, 3.8) is 0 Å². The largest absolute Gasteiger partial charge is 0.443 e. The molecule has 0 saturated heterocycles. The Balaban J connectivity index is 1.75. The Hall–Kier alpha value is -1.87. The molecule has 0 aromatic carbocycles. The summed E-state index contributed by atoms with van der Waals surface area (Å²) in [7, 11) is 0. The molecule has 2 aliphatic rings. The van der Waals surface area contributed by atoms with Gasteiger partial charge in [0.05, 0.1) is 22.8 Å². The number of nitrogens with zero attached hydrogens (tertiary/aromatic N) is 4. The first kappa shape index (κ1) is 24.3. The van der Waals surface area contributed by atoms with E-state index in [1.165, 1.54) is 19.3 Å². The maximum atomic E-state index is 13.4. The third kappa shape index (κ3) is 5.62. The van der Waals surface area contributed by atoms with Gasteiger partial charge in [0, 0.05) is 12.6 Å². The van der Waals surface area contributed by atoms with Gasteiger partial charge in [0.25, 0.3) is 0 Å². The average molecular weight is 522 g/mol. The molecule has 182 valence electrons. The van der Waals surface area contributed by atoms with Gasteiger partial charge in [0.15, 0.2) is 5.65 Å². The number of aromatic nitrogens is 3. The molecule has 1 amide bonds. The number of aliphatic hydroxyl groups is 1. The van der Waals surface area contributed by atoms with Crippen LogP contribution in [0.4, 0.5) is 16.4 Å². The number of rotatable bonds is 6. The van der Waals surface area contributed by atoms with Gasteiger partial charge in [0.2, 0.25) is 0 Å². The zero-order chi connectivity index (χ0) is 23.6. The molecule has 33 heavy (non-hydrogen) atoms. The van der Waals surface area contributed by atoms with E-state index in [1.807, 2.05) is 26.8 Å². The first-order valence-electron chi connectivity index (χ1n) is 12.1. The molecule has 0 atom stereocenters.